The maximum absolute atomic E-state index is 3.50. The van der Waals surface area contributed by atoms with E-state index in [0.29, 0.717) is 0 Å². The third kappa shape index (κ3) is 3.90. The number of unbranched alkanes of at least 4 members (excludes halogenated alkanes) is 3. The molecule has 1 aromatic heterocycles. The van der Waals surface area contributed by atoms with Gasteiger partial charge in [-0.05, 0) is 31.0 Å². The number of H-pyrrole nitrogens is 1. The Balaban J connectivity index is 0.00000176. The van der Waals surface area contributed by atoms with E-state index < -0.39 is 0 Å². The van der Waals surface area contributed by atoms with E-state index in [9.17, 15) is 0 Å². The molecule has 2 nitrogen and oxygen atoms in total. The van der Waals surface area contributed by atoms with Crippen molar-refractivity contribution in [1.82, 2.24) is 0 Å². The number of para-hydroxylation sites is 1. The van der Waals surface area contributed by atoms with Crippen molar-refractivity contribution < 1.29 is 22.0 Å². The first-order chi connectivity index (χ1) is 10.4. The number of nitrogens with zero attached hydrogens (tertiary/aromatic N) is 1. The van der Waals surface area contributed by atoms with Crippen LogP contribution in [0.5, 0.6) is 0 Å². The molecule has 0 amide bonds. The lowest BCUT2D eigenvalue weighted by Crippen LogP contribution is -3.00. The SMILES string of the molecule is BrCCCCCCN1Cc2ccc[nH+]c2-c2ccccc21.[Br-]. The van der Waals surface area contributed by atoms with Gasteiger partial charge in [-0.25, -0.2) is 4.98 Å². The molecule has 0 unspecified atom stereocenters. The van der Waals surface area contributed by atoms with Crippen LogP contribution in [-0.4, -0.2) is 11.9 Å². The maximum Gasteiger partial charge on any atom is 0.217 e. The molecular weight excluding hydrogens is 404 g/mol. The van der Waals surface area contributed by atoms with E-state index in [2.05, 4.69) is 62.2 Å². The lowest BCUT2D eigenvalue weighted by atomic mass is 9.98. The van der Waals surface area contributed by atoms with Gasteiger partial charge in [0.2, 0.25) is 5.69 Å². The molecule has 22 heavy (non-hydrogen) atoms. The predicted molar refractivity (Wildman–Crippen MR) is 91.7 cm³/mol. The number of aromatic nitrogens is 1. The minimum Gasteiger partial charge on any atom is -1.00 e. The average Bonchev–Trinajstić information content (AvgIpc) is 2.54. The third-order valence-electron chi connectivity index (χ3n) is 4.13. The molecule has 118 valence electrons. The molecule has 0 atom stereocenters. The second kappa shape index (κ2) is 8.68. The zero-order valence-electron chi connectivity index (χ0n) is 12.7. The molecule has 1 aromatic carbocycles. The molecule has 0 aliphatic carbocycles. The highest BCUT2D eigenvalue weighted by atomic mass is 79.9. The Morgan fingerprint density at radius 1 is 1.00 bits per heavy atom. The van der Waals surface area contributed by atoms with Gasteiger partial charge in [-0.2, -0.15) is 0 Å². The van der Waals surface area contributed by atoms with Crippen molar-refractivity contribution >= 4 is 21.6 Å². The fourth-order valence-electron chi connectivity index (χ4n) is 3.06. The Morgan fingerprint density at radius 2 is 1.82 bits per heavy atom. The van der Waals surface area contributed by atoms with Crippen molar-refractivity contribution in [2.75, 3.05) is 16.8 Å². The average molecular weight is 426 g/mol. The molecule has 0 saturated heterocycles. The van der Waals surface area contributed by atoms with Crippen LogP contribution in [0.3, 0.4) is 0 Å². The van der Waals surface area contributed by atoms with E-state index in [1.165, 1.54) is 48.2 Å². The van der Waals surface area contributed by atoms with Gasteiger partial charge in [0.1, 0.15) is 0 Å². The predicted octanol–water partition coefficient (Wildman–Crippen LogP) is 1.45. The molecule has 0 bridgehead atoms. The summed E-state index contributed by atoms with van der Waals surface area (Å²) in [6.45, 7) is 2.16. The number of halogens is 2. The van der Waals surface area contributed by atoms with Gasteiger partial charge in [-0.15, -0.1) is 0 Å². The molecule has 2 heterocycles. The van der Waals surface area contributed by atoms with Crippen molar-refractivity contribution in [3.63, 3.8) is 0 Å². The first-order valence-electron chi connectivity index (χ1n) is 7.80. The number of benzene rings is 1. The second-order valence-corrected chi connectivity index (χ2v) is 6.41. The van der Waals surface area contributed by atoms with Crippen LogP contribution in [-0.2, 0) is 6.54 Å². The van der Waals surface area contributed by atoms with Crippen LogP contribution in [0.4, 0.5) is 5.69 Å². The molecule has 1 aliphatic rings. The number of rotatable bonds is 6. The first-order valence-corrected chi connectivity index (χ1v) is 8.92. The minimum absolute atomic E-state index is 0. The van der Waals surface area contributed by atoms with Crippen molar-refractivity contribution in [1.29, 1.82) is 0 Å². The fourth-order valence-corrected chi connectivity index (χ4v) is 3.45. The number of alkyl halides is 1. The van der Waals surface area contributed by atoms with Crippen LogP contribution < -0.4 is 26.9 Å². The summed E-state index contributed by atoms with van der Waals surface area (Å²) in [5, 5.41) is 1.13. The van der Waals surface area contributed by atoms with Crippen LogP contribution >= 0.6 is 15.9 Å². The zero-order valence-corrected chi connectivity index (χ0v) is 15.9. The topological polar surface area (TPSA) is 17.4 Å². The Hall–Kier alpha value is -0.870. The summed E-state index contributed by atoms with van der Waals surface area (Å²) in [5.74, 6) is 0. The quantitative estimate of drug-likeness (QED) is 0.505. The summed E-state index contributed by atoms with van der Waals surface area (Å²) >= 11 is 3.50. The number of nitrogens with one attached hydrogen (secondary N) is 1. The van der Waals surface area contributed by atoms with Gasteiger partial charge in [0.25, 0.3) is 0 Å². The molecule has 0 saturated carbocycles. The Morgan fingerprint density at radius 3 is 2.68 bits per heavy atom. The van der Waals surface area contributed by atoms with Crippen molar-refractivity contribution in [2.45, 2.75) is 32.2 Å². The lowest BCUT2D eigenvalue weighted by molar-refractivity contribution is -0.365. The van der Waals surface area contributed by atoms with Crippen molar-refractivity contribution in [3.8, 4) is 11.3 Å². The Labute approximate surface area is 151 Å². The number of anilines is 1. The largest absolute Gasteiger partial charge is 1.00 e. The molecule has 1 aliphatic heterocycles. The summed E-state index contributed by atoms with van der Waals surface area (Å²) in [7, 11) is 0. The van der Waals surface area contributed by atoms with Gasteiger partial charge in [0.05, 0.1) is 11.3 Å². The maximum atomic E-state index is 3.50. The van der Waals surface area contributed by atoms with Crippen LogP contribution in [0.25, 0.3) is 11.3 Å². The summed E-state index contributed by atoms with van der Waals surface area (Å²) in [5.41, 5.74) is 5.38. The smallest absolute Gasteiger partial charge is 0.217 e. The highest BCUT2D eigenvalue weighted by molar-refractivity contribution is 9.09. The van der Waals surface area contributed by atoms with Gasteiger partial charge in [-0.1, -0.05) is 40.9 Å². The third-order valence-corrected chi connectivity index (χ3v) is 4.69. The van der Waals surface area contributed by atoms with Crippen LogP contribution in [0, 0.1) is 0 Å². The molecule has 0 spiro atoms. The minimum atomic E-state index is 0. The highest BCUT2D eigenvalue weighted by Crippen LogP contribution is 2.36. The van der Waals surface area contributed by atoms with E-state index >= 15 is 0 Å². The molecule has 0 radical (unpaired) electrons. The van der Waals surface area contributed by atoms with Crippen LogP contribution in [0.1, 0.15) is 31.2 Å². The molecule has 1 N–H and O–H groups in total. The Bertz CT molecular complexity index is 601. The van der Waals surface area contributed by atoms with E-state index in [-0.39, 0.29) is 17.0 Å². The van der Waals surface area contributed by atoms with Gasteiger partial charge < -0.3 is 21.9 Å². The van der Waals surface area contributed by atoms with E-state index in [1.54, 1.807) is 0 Å². The van der Waals surface area contributed by atoms with Gasteiger partial charge >= 0.3 is 0 Å². The zero-order chi connectivity index (χ0) is 14.5. The summed E-state index contributed by atoms with van der Waals surface area (Å²) < 4.78 is 0. The monoisotopic (exact) mass is 424 g/mol. The number of fused-ring (bicyclic) bond motifs is 3. The van der Waals surface area contributed by atoms with E-state index in [4.69, 9.17) is 0 Å². The van der Waals surface area contributed by atoms with E-state index in [1.807, 2.05) is 6.20 Å². The van der Waals surface area contributed by atoms with Crippen LogP contribution in [0.2, 0.25) is 0 Å². The number of aromatic amines is 1. The van der Waals surface area contributed by atoms with Crippen LogP contribution in [0.15, 0.2) is 42.6 Å². The molecular formula is C18H22Br2N2. The molecule has 2 aromatic rings. The van der Waals surface area contributed by atoms with Gasteiger partial charge in [0, 0.05) is 30.0 Å². The highest BCUT2D eigenvalue weighted by Gasteiger charge is 2.25. The van der Waals surface area contributed by atoms with Gasteiger partial charge in [-0.3, -0.25) is 0 Å². The summed E-state index contributed by atoms with van der Waals surface area (Å²) in [6.07, 6.45) is 7.22. The second-order valence-electron chi connectivity index (χ2n) is 5.61. The molecule has 3 rings (SSSR count). The van der Waals surface area contributed by atoms with Crippen molar-refractivity contribution in [3.05, 3.63) is 48.2 Å². The first kappa shape index (κ1) is 17.5. The molecule has 0 fully saturated rings. The van der Waals surface area contributed by atoms with E-state index in [0.717, 1.165) is 18.4 Å². The normalized spacial score (nSPS) is 12.3. The fraction of sp³-hybridized carbons (Fsp3) is 0.389. The van der Waals surface area contributed by atoms with Gasteiger partial charge in [0.15, 0.2) is 6.20 Å². The molecule has 4 heteroatoms. The summed E-state index contributed by atoms with van der Waals surface area (Å²) in [6, 6.07) is 13.1. The summed E-state index contributed by atoms with van der Waals surface area (Å²) in [4.78, 5) is 5.95. The van der Waals surface area contributed by atoms with Crippen molar-refractivity contribution in [2.24, 2.45) is 0 Å². The Kier molecular flexibility index (Phi) is 6.90. The number of hydrogen-bond acceptors (Lipinski definition) is 1. The lowest BCUT2D eigenvalue weighted by Gasteiger charge is -2.30. The standard InChI is InChI=1S/C18H21BrN2.BrH/c19-11-5-1-2-6-13-21-14-15-8-7-12-20-18(15)16-9-3-4-10-17(16)21;/h3-4,7-10,12H,1-2,5-6,11,13-14H2;1H. The number of pyridine rings is 1. The number of hydrogen-bond donors (Lipinski definition) is 0.